The van der Waals surface area contributed by atoms with Gasteiger partial charge >= 0.3 is 5.88 Å². The zero-order valence-corrected chi connectivity index (χ0v) is 15.0. The molecule has 0 aliphatic carbocycles. The summed E-state index contributed by atoms with van der Waals surface area (Å²) < 4.78 is 6.64. The van der Waals surface area contributed by atoms with Crippen LogP contribution in [-0.4, -0.2) is 60.8 Å². The standard InChI is InChI=1S/C17H19N7O4/c25-10-7-12-5-8-22(9-6-12)11-18-14-2-3-15-19-20-17(23(15)21-14)13-1-4-16(28-13)24(26)27/h1-4,11-12,25H,5-10H2. The van der Waals surface area contributed by atoms with Crippen molar-refractivity contribution in [1.82, 2.24) is 24.7 Å². The minimum absolute atomic E-state index is 0.207. The van der Waals surface area contributed by atoms with Gasteiger partial charge in [-0.15, -0.1) is 15.3 Å². The molecule has 1 aliphatic rings. The highest BCUT2D eigenvalue weighted by atomic mass is 16.6. The lowest BCUT2D eigenvalue weighted by Crippen LogP contribution is -2.32. The van der Waals surface area contributed by atoms with Gasteiger partial charge in [-0.05, 0) is 43.4 Å². The van der Waals surface area contributed by atoms with E-state index in [2.05, 4.69) is 25.2 Å². The molecule has 4 rings (SSSR count). The quantitative estimate of drug-likeness (QED) is 0.295. The van der Waals surface area contributed by atoms with Gasteiger partial charge in [-0.25, -0.2) is 4.99 Å². The highest BCUT2D eigenvalue weighted by Gasteiger charge is 2.19. The molecule has 3 aromatic rings. The number of aliphatic hydroxyl groups is 1. The van der Waals surface area contributed by atoms with Gasteiger partial charge in [-0.2, -0.15) is 4.52 Å². The number of aromatic nitrogens is 4. The number of furan rings is 1. The van der Waals surface area contributed by atoms with Crippen molar-refractivity contribution in [1.29, 1.82) is 0 Å². The maximum Gasteiger partial charge on any atom is 0.433 e. The first-order chi connectivity index (χ1) is 13.6. The summed E-state index contributed by atoms with van der Waals surface area (Å²) in [6.07, 6.45) is 4.69. The Morgan fingerprint density at radius 2 is 2.11 bits per heavy atom. The molecule has 146 valence electrons. The Balaban J connectivity index is 1.52. The van der Waals surface area contributed by atoms with E-state index in [0.29, 0.717) is 17.4 Å². The molecular weight excluding hydrogens is 366 g/mol. The highest BCUT2D eigenvalue weighted by Crippen LogP contribution is 2.25. The van der Waals surface area contributed by atoms with Crippen LogP contribution < -0.4 is 0 Å². The van der Waals surface area contributed by atoms with Gasteiger partial charge in [0.25, 0.3) is 0 Å². The third kappa shape index (κ3) is 3.69. The van der Waals surface area contributed by atoms with E-state index in [0.717, 1.165) is 32.4 Å². The summed E-state index contributed by atoms with van der Waals surface area (Å²) in [5, 5.41) is 32.3. The first-order valence-electron chi connectivity index (χ1n) is 9.00. The molecule has 0 unspecified atom stereocenters. The van der Waals surface area contributed by atoms with Gasteiger partial charge in [0, 0.05) is 19.7 Å². The molecule has 0 amide bonds. The Morgan fingerprint density at radius 3 is 2.82 bits per heavy atom. The van der Waals surface area contributed by atoms with Crippen molar-refractivity contribution in [2.24, 2.45) is 10.9 Å². The lowest BCUT2D eigenvalue weighted by molar-refractivity contribution is -0.401. The maximum atomic E-state index is 10.8. The molecule has 4 heterocycles. The number of rotatable bonds is 6. The van der Waals surface area contributed by atoms with Crippen molar-refractivity contribution in [2.75, 3.05) is 19.7 Å². The number of nitrogens with zero attached hydrogens (tertiary/aromatic N) is 7. The van der Waals surface area contributed by atoms with E-state index in [-0.39, 0.29) is 24.1 Å². The molecule has 0 bridgehead atoms. The molecule has 0 atom stereocenters. The van der Waals surface area contributed by atoms with Gasteiger partial charge < -0.3 is 14.4 Å². The zero-order valence-electron chi connectivity index (χ0n) is 15.0. The molecule has 0 spiro atoms. The lowest BCUT2D eigenvalue weighted by atomic mass is 9.94. The molecule has 3 aromatic heterocycles. The minimum Gasteiger partial charge on any atom is -0.397 e. The summed E-state index contributed by atoms with van der Waals surface area (Å²) in [4.78, 5) is 16.8. The van der Waals surface area contributed by atoms with E-state index in [4.69, 9.17) is 9.52 Å². The summed E-state index contributed by atoms with van der Waals surface area (Å²) in [7, 11) is 0. The van der Waals surface area contributed by atoms with Crippen molar-refractivity contribution in [3.05, 3.63) is 34.4 Å². The first kappa shape index (κ1) is 18.0. The number of nitro groups is 1. The van der Waals surface area contributed by atoms with Crippen LogP contribution in [-0.2, 0) is 0 Å². The van der Waals surface area contributed by atoms with Crippen molar-refractivity contribution >= 4 is 23.7 Å². The van der Waals surface area contributed by atoms with E-state index in [1.807, 2.05) is 0 Å². The van der Waals surface area contributed by atoms with Crippen molar-refractivity contribution < 1.29 is 14.4 Å². The number of aliphatic hydroxyl groups excluding tert-OH is 1. The normalized spacial score (nSPS) is 15.7. The van der Waals surface area contributed by atoms with Crippen LogP contribution in [0.5, 0.6) is 0 Å². The third-order valence-corrected chi connectivity index (χ3v) is 4.78. The third-order valence-electron chi connectivity index (χ3n) is 4.78. The Bertz CT molecular complexity index is 1000. The molecule has 28 heavy (non-hydrogen) atoms. The van der Waals surface area contributed by atoms with Crippen LogP contribution in [0.1, 0.15) is 19.3 Å². The topological polar surface area (TPSA) is 135 Å². The van der Waals surface area contributed by atoms with Gasteiger partial charge in [-0.3, -0.25) is 10.1 Å². The number of fused-ring (bicyclic) bond motifs is 1. The van der Waals surface area contributed by atoms with Gasteiger partial charge in [0.2, 0.25) is 5.82 Å². The Hall–Kier alpha value is -3.34. The molecule has 1 saturated heterocycles. The fourth-order valence-electron chi connectivity index (χ4n) is 3.23. The van der Waals surface area contributed by atoms with Crippen LogP contribution >= 0.6 is 0 Å². The Morgan fingerprint density at radius 1 is 1.29 bits per heavy atom. The molecule has 1 N–H and O–H groups in total. The molecule has 0 aromatic carbocycles. The molecule has 11 nitrogen and oxygen atoms in total. The molecule has 0 radical (unpaired) electrons. The van der Waals surface area contributed by atoms with E-state index in [1.165, 1.54) is 16.6 Å². The minimum atomic E-state index is -0.611. The molecule has 0 saturated carbocycles. The average Bonchev–Trinajstić information content (AvgIpc) is 3.34. The fourth-order valence-corrected chi connectivity index (χ4v) is 3.23. The summed E-state index contributed by atoms with van der Waals surface area (Å²) in [5.74, 6) is 1.14. The predicted octanol–water partition coefficient (Wildman–Crippen LogP) is 2.05. The summed E-state index contributed by atoms with van der Waals surface area (Å²) in [6, 6.07) is 6.18. The van der Waals surface area contributed by atoms with Crippen molar-refractivity contribution in [3.8, 4) is 11.6 Å². The lowest BCUT2D eigenvalue weighted by Gasteiger charge is -2.30. The van der Waals surface area contributed by atoms with Gasteiger partial charge in [0.1, 0.15) is 4.92 Å². The van der Waals surface area contributed by atoms with Gasteiger partial charge in [-0.1, -0.05) is 0 Å². The molecule has 11 heteroatoms. The first-order valence-corrected chi connectivity index (χ1v) is 9.00. The van der Waals surface area contributed by atoms with Crippen molar-refractivity contribution in [3.63, 3.8) is 0 Å². The Labute approximate surface area is 159 Å². The molecular formula is C17H19N7O4. The molecule has 1 aliphatic heterocycles. The smallest absolute Gasteiger partial charge is 0.397 e. The predicted molar refractivity (Wildman–Crippen MR) is 99.3 cm³/mol. The number of piperidine rings is 1. The van der Waals surface area contributed by atoms with Crippen LogP contribution in [0.3, 0.4) is 0 Å². The highest BCUT2D eigenvalue weighted by molar-refractivity contribution is 5.61. The average molecular weight is 385 g/mol. The number of hydrogen-bond acceptors (Lipinski definition) is 8. The van der Waals surface area contributed by atoms with E-state index < -0.39 is 4.92 Å². The van der Waals surface area contributed by atoms with Crippen LogP contribution in [0.4, 0.5) is 11.7 Å². The Kier molecular flexibility index (Phi) is 4.98. The number of aliphatic imine (C=N–C) groups is 1. The van der Waals surface area contributed by atoms with Crippen LogP contribution in [0, 0.1) is 16.0 Å². The van der Waals surface area contributed by atoms with Gasteiger partial charge in [0.05, 0.1) is 12.4 Å². The van der Waals surface area contributed by atoms with E-state index in [1.54, 1.807) is 18.5 Å². The summed E-state index contributed by atoms with van der Waals surface area (Å²) in [6.45, 7) is 2.03. The second-order valence-corrected chi connectivity index (χ2v) is 6.62. The van der Waals surface area contributed by atoms with Crippen LogP contribution in [0.25, 0.3) is 17.2 Å². The van der Waals surface area contributed by atoms with Crippen molar-refractivity contribution in [2.45, 2.75) is 19.3 Å². The SMILES string of the molecule is O=[N+]([O-])c1ccc(-c2nnc3ccc(N=CN4CCC(CCO)CC4)nn23)o1. The maximum absolute atomic E-state index is 10.8. The van der Waals surface area contributed by atoms with Crippen LogP contribution in [0.15, 0.2) is 33.7 Å². The largest absolute Gasteiger partial charge is 0.433 e. The second-order valence-electron chi connectivity index (χ2n) is 6.62. The number of likely N-dealkylation sites (tertiary alicyclic amines) is 1. The van der Waals surface area contributed by atoms with Gasteiger partial charge in [0.15, 0.2) is 17.2 Å². The summed E-state index contributed by atoms with van der Waals surface area (Å²) >= 11 is 0. The zero-order chi connectivity index (χ0) is 19.5. The van der Waals surface area contributed by atoms with E-state index >= 15 is 0 Å². The van der Waals surface area contributed by atoms with Crippen LogP contribution in [0.2, 0.25) is 0 Å². The molecule has 1 fully saturated rings. The summed E-state index contributed by atoms with van der Waals surface area (Å²) in [5.41, 5.74) is 0.484. The van der Waals surface area contributed by atoms with E-state index in [9.17, 15) is 10.1 Å². The second kappa shape index (κ2) is 7.72. The number of hydrogen-bond donors (Lipinski definition) is 1. The monoisotopic (exact) mass is 385 g/mol. The fraction of sp³-hybridized carbons (Fsp3) is 0.412.